The molecular weight excluding hydrogens is 266 g/mol. The van der Waals surface area contributed by atoms with Gasteiger partial charge in [-0.3, -0.25) is 0 Å². The number of benzene rings is 1. The number of aromatic nitrogens is 4. The summed E-state index contributed by atoms with van der Waals surface area (Å²) in [5.74, 6) is 0.337. The summed E-state index contributed by atoms with van der Waals surface area (Å²) in [6.07, 6.45) is 4.12. The molecule has 21 heavy (non-hydrogen) atoms. The van der Waals surface area contributed by atoms with Crippen molar-refractivity contribution in [2.24, 2.45) is 0 Å². The zero-order valence-corrected chi connectivity index (χ0v) is 11.5. The van der Waals surface area contributed by atoms with Crippen molar-refractivity contribution in [2.75, 3.05) is 6.61 Å². The van der Waals surface area contributed by atoms with Crippen molar-refractivity contribution in [3.05, 3.63) is 42.2 Å². The highest BCUT2D eigenvalue weighted by atomic mass is 16.5. The molecule has 0 aliphatic carbocycles. The van der Waals surface area contributed by atoms with Crippen LogP contribution in [0.1, 0.15) is 18.9 Å². The average molecular weight is 279 g/mol. The molecule has 0 fully saturated rings. The molecule has 0 atom stereocenters. The summed E-state index contributed by atoms with van der Waals surface area (Å²) in [6, 6.07) is 9.77. The minimum absolute atomic E-state index is 0.337. The Labute approximate surface area is 121 Å². The highest BCUT2D eigenvalue weighted by molar-refractivity contribution is 5.90. The van der Waals surface area contributed by atoms with Crippen LogP contribution in [0.4, 0.5) is 0 Å². The number of hydrogen-bond donors (Lipinski definition) is 0. The van der Waals surface area contributed by atoms with Crippen molar-refractivity contribution in [3.63, 3.8) is 0 Å². The third kappa shape index (κ3) is 2.30. The molecule has 0 radical (unpaired) electrons. The molecule has 0 amide bonds. The largest absolute Gasteiger partial charge is 0.477 e. The van der Waals surface area contributed by atoms with Gasteiger partial charge in [-0.1, -0.05) is 30.3 Å². The van der Waals surface area contributed by atoms with Crippen LogP contribution in [0, 0.1) is 11.3 Å². The number of para-hydroxylation sites is 1. The summed E-state index contributed by atoms with van der Waals surface area (Å²) in [6.45, 7) is 2.52. The Kier molecular flexibility index (Phi) is 3.48. The molecule has 0 aliphatic rings. The van der Waals surface area contributed by atoms with Gasteiger partial charge in [0.2, 0.25) is 5.88 Å². The van der Waals surface area contributed by atoms with Crippen LogP contribution >= 0.6 is 0 Å². The van der Waals surface area contributed by atoms with Crippen LogP contribution in [0.25, 0.3) is 16.6 Å². The molecule has 1 aromatic carbocycles. The van der Waals surface area contributed by atoms with Crippen molar-refractivity contribution >= 4 is 10.9 Å². The summed E-state index contributed by atoms with van der Waals surface area (Å²) < 4.78 is 7.20. The van der Waals surface area contributed by atoms with Crippen LogP contribution in [0.15, 0.2) is 36.7 Å². The number of fused-ring (bicyclic) bond motifs is 1. The molecule has 0 spiro atoms. The monoisotopic (exact) mass is 279 g/mol. The molecular formula is C15H13N5O. The van der Waals surface area contributed by atoms with E-state index in [0.29, 0.717) is 23.7 Å². The first-order valence-electron chi connectivity index (χ1n) is 6.67. The van der Waals surface area contributed by atoms with Crippen molar-refractivity contribution in [1.29, 1.82) is 5.26 Å². The van der Waals surface area contributed by atoms with Crippen LogP contribution in [0.3, 0.4) is 0 Å². The van der Waals surface area contributed by atoms with Gasteiger partial charge in [-0.2, -0.15) is 5.26 Å². The number of hydrogen-bond acceptors (Lipinski definition) is 5. The lowest BCUT2D eigenvalue weighted by molar-refractivity contribution is 0.305. The lowest BCUT2D eigenvalue weighted by atomic mass is 10.1. The molecule has 0 unspecified atom stereocenters. The van der Waals surface area contributed by atoms with Crippen LogP contribution < -0.4 is 4.74 Å². The highest BCUT2D eigenvalue weighted by Gasteiger charge is 2.18. The predicted octanol–water partition coefficient (Wildman–Crippen LogP) is 2.48. The number of ether oxygens (including phenoxy) is 1. The summed E-state index contributed by atoms with van der Waals surface area (Å²) in [7, 11) is 0. The van der Waals surface area contributed by atoms with E-state index in [9.17, 15) is 5.26 Å². The molecule has 0 N–H and O–H groups in total. The molecule has 3 rings (SSSR count). The minimum Gasteiger partial charge on any atom is -0.477 e. The molecule has 6 heteroatoms. The van der Waals surface area contributed by atoms with Gasteiger partial charge in [0.15, 0.2) is 0 Å². The summed E-state index contributed by atoms with van der Waals surface area (Å²) >= 11 is 0. The third-order valence-corrected chi connectivity index (χ3v) is 3.04. The second kappa shape index (κ2) is 5.59. The van der Waals surface area contributed by atoms with E-state index in [2.05, 4.69) is 21.4 Å². The summed E-state index contributed by atoms with van der Waals surface area (Å²) in [5.41, 5.74) is 1.77. The molecule has 0 aliphatic heterocycles. The van der Waals surface area contributed by atoms with Gasteiger partial charge in [-0.25, -0.2) is 9.67 Å². The fourth-order valence-corrected chi connectivity index (χ4v) is 2.14. The quantitative estimate of drug-likeness (QED) is 0.733. The third-order valence-electron chi connectivity index (χ3n) is 3.04. The lowest BCUT2D eigenvalue weighted by Crippen LogP contribution is -2.06. The zero-order chi connectivity index (χ0) is 14.7. The van der Waals surface area contributed by atoms with E-state index in [4.69, 9.17) is 4.74 Å². The van der Waals surface area contributed by atoms with E-state index >= 15 is 0 Å². The Morgan fingerprint density at radius 3 is 2.90 bits per heavy atom. The van der Waals surface area contributed by atoms with Crippen molar-refractivity contribution in [2.45, 2.75) is 13.3 Å². The van der Waals surface area contributed by atoms with Gasteiger partial charge in [0.1, 0.15) is 11.6 Å². The van der Waals surface area contributed by atoms with E-state index in [1.54, 1.807) is 17.1 Å². The topological polar surface area (TPSA) is 76.6 Å². The average Bonchev–Trinajstić information content (AvgIpc) is 3.05. The fraction of sp³-hybridized carbons (Fsp3) is 0.200. The van der Waals surface area contributed by atoms with Crippen molar-refractivity contribution in [1.82, 2.24) is 20.0 Å². The van der Waals surface area contributed by atoms with Gasteiger partial charge in [0.25, 0.3) is 0 Å². The number of rotatable bonds is 4. The smallest absolute Gasteiger partial charge is 0.234 e. The first-order chi connectivity index (χ1) is 10.3. The van der Waals surface area contributed by atoms with Gasteiger partial charge in [-0.05, 0) is 12.5 Å². The van der Waals surface area contributed by atoms with Gasteiger partial charge < -0.3 is 4.74 Å². The fourth-order valence-electron chi connectivity index (χ4n) is 2.14. The molecule has 2 aromatic heterocycles. The Morgan fingerprint density at radius 1 is 1.33 bits per heavy atom. The molecule has 104 valence electrons. The molecule has 0 saturated carbocycles. The van der Waals surface area contributed by atoms with E-state index in [-0.39, 0.29) is 0 Å². The van der Waals surface area contributed by atoms with Crippen LogP contribution in [0.5, 0.6) is 5.88 Å². The molecule has 6 nitrogen and oxygen atoms in total. The first kappa shape index (κ1) is 13.1. The maximum atomic E-state index is 9.53. The molecule has 0 saturated heterocycles. The maximum absolute atomic E-state index is 9.53. The van der Waals surface area contributed by atoms with Gasteiger partial charge in [-0.15, -0.1) is 5.10 Å². The molecule has 3 aromatic rings. The summed E-state index contributed by atoms with van der Waals surface area (Å²) in [4.78, 5) is 4.45. The standard InChI is InChI=1S/C15H13N5O/c1-2-9-21-15-12(10-16)14(20-8-7-17-19-20)11-5-3-4-6-13(11)18-15/h3-8H,2,9H2,1H3. The van der Waals surface area contributed by atoms with Crippen LogP contribution in [-0.2, 0) is 0 Å². The minimum atomic E-state index is 0.337. The number of nitriles is 1. The van der Waals surface area contributed by atoms with Crippen molar-refractivity contribution in [3.8, 4) is 17.6 Å². The maximum Gasteiger partial charge on any atom is 0.234 e. The number of nitrogens with zero attached hydrogens (tertiary/aromatic N) is 5. The number of pyridine rings is 1. The Bertz CT molecular complexity index is 805. The van der Waals surface area contributed by atoms with Crippen LogP contribution in [-0.4, -0.2) is 26.6 Å². The predicted molar refractivity (Wildman–Crippen MR) is 77.2 cm³/mol. The Balaban J connectivity index is 2.33. The lowest BCUT2D eigenvalue weighted by Gasteiger charge is -2.12. The second-order valence-corrected chi connectivity index (χ2v) is 4.47. The highest BCUT2D eigenvalue weighted by Crippen LogP contribution is 2.30. The molecule has 2 heterocycles. The van der Waals surface area contributed by atoms with Crippen molar-refractivity contribution < 1.29 is 4.74 Å². The van der Waals surface area contributed by atoms with E-state index in [1.165, 1.54) is 0 Å². The SMILES string of the molecule is CCCOc1nc2ccccc2c(-n2ccnn2)c1C#N. The van der Waals surface area contributed by atoms with Gasteiger partial charge in [0, 0.05) is 5.39 Å². The van der Waals surface area contributed by atoms with Crippen LogP contribution in [0.2, 0.25) is 0 Å². The summed E-state index contributed by atoms with van der Waals surface area (Å²) in [5, 5.41) is 18.2. The zero-order valence-electron chi connectivity index (χ0n) is 11.5. The normalized spacial score (nSPS) is 10.5. The van der Waals surface area contributed by atoms with E-state index in [0.717, 1.165) is 17.3 Å². The van der Waals surface area contributed by atoms with E-state index < -0.39 is 0 Å². The second-order valence-electron chi connectivity index (χ2n) is 4.47. The van der Waals surface area contributed by atoms with E-state index in [1.807, 2.05) is 31.2 Å². The molecule has 0 bridgehead atoms. The van der Waals surface area contributed by atoms with Gasteiger partial charge in [0.05, 0.1) is 30.2 Å². The van der Waals surface area contributed by atoms with Gasteiger partial charge >= 0.3 is 0 Å². The first-order valence-corrected chi connectivity index (χ1v) is 6.67. The Hall–Kier alpha value is -2.94. The Morgan fingerprint density at radius 2 is 2.19 bits per heavy atom.